The van der Waals surface area contributed by atoms with Gasteiger partial charge in [0, 0.05) is 19.5 Å². The summed E-state index contributed by atoms with van der Waals surface area (Å²) in [4.78, 5) is 16.0. The van der Waals surface area contributed by atoms with Crippen LogP contribution in [0.2, 0.25) is 0 Å². The molecule has 0 saturated heterocycles. The fourth-order valence-electron chi connectivity index (χ4n) is 2.07. The molecular formula is C15H19N5O. The van der Waals surface area contributed by atoms with Gasteiger partial charge in [-0.1, -0.05) is 13.8 Å². The molecule has 0 fully saturated rings. The Bertz CT molecular complexity index is 696. The van der Waals surface area contributed by atoms with Gasteiger partial charge in [-0.25, -0.2) is 4.98 Å². The Morgan fingerprint density at radius 2 is 2.29 bits per heavy atom. The van der Waals surface area contributed by atoms with Gasteiger partial charge >= 0.3 is 0 Å². The topological polar surface area (TPSA) is 96.7 Å². The van der Waals surface area contributed by atoms with Crippen molar-refractivity contribution < 1.29 is 4.79 Å². The number of nitriles is 1. The lowest BCUT2D eigenvalue weighted by Crippen LogP contribution is -2.28. The molecule has 0 spiro atoms. The second-order valence-corrected chi connectivity index (χ2v) is 5.38. The first-order valence-corrected chi connectivity index (χ1v) is 6.94. The van der Waals surface area contributed by atoms with E-state index in [1.165, 1.54) is 0 Å². The normalized spacial score (nSPS) is 10.8. The Balaban J connectivity index is 2.13. The van der Waals surface area contributed by atoms with Gasteiger partial charge in [0.2, 0.25) is 11.9 Å². The molecule has 1 aromatic carbocycles. The second-order valence-electron chi connectivity index (χ2n) is 5.38. The van der Waals surface area contributed by atoms with Gasteiger partial charge in [-0.2, -0.15) is 5.26 Å². The number of nitrogens with one attached hydrogen (secondary N) is 1. The van der Waals surface area contributed by atoms with Gasteiger partial charge in [0.25, 0.3) is 0 Å². The largest absolute Gasteiger partial charge is 0.369 e. The monoisotopic (exact) mass is 285 g/mol. The third kappa shape index (κ3) is 3.51. The van der Waals surface area contributed by atoms with E-state index in [1.807, 2.05) is 13.8 Å². The lowest BCUT2D eigenvalue weighted by atomic mass is 10.2. The molecule has 110 valence electrons. The molecule has 0 aliphatic carbocycles. The van der Waals surface area contributed by atoms with E-state index in [-0.39, 0.29) is 5.91 Å². The quantitative estimate of drug-likeness (QED) is 0.873. The van der Waals surface area contributed by atoms with Crippen LogP contribution in [0.3, 0.4) is 0 Å². The predicted octanol–water partition coefficient (Wildman–Crippen LogP) is 1.65. The lowest BCUT2D eigenvalue weighted by Gasteiger charge is -2.09. The Morgan fingerprint density at radius 1 is 1.52 bits per heavy atom. The maximum absolute atomic E-state index is 11.8. The van der Waals surface area contributed by atoms with Crippen LogP contribution in [0.15, 0.2) is 18.2 Å². The molecule has 0 atom stereocenters. The number of fused-ring (bicyclic) bond motifs is 1. The number of hydrogen-bond acceptors (Lipinski definition) is 4. The van der Waals surface area contributed by atoms with E-state index in [2.05, 4.69) is 16.4 Å². The number of nitrogen functional groups attached to an aromatic ring is 1. The minimum Gasteiger partial charge on any atom is -0.369 e. The molecule has 6 nitrogen and oxygen atoms in total. The van der Waals surface area contributed by atoms with Crippen LogP contribution >= 0.6 is 0 Å². The molecule has 0 bridgehead atoms. The van der Waals surface area contributed by atoms with E-state index < -0.39 is 0 Å². The Kier molecular flexibility index (Phi) is 4.43. The van der Waals surface area contributed by atoms with Crippen molar-refractivity contribution in [2.75, 3.05) is 12.3 Å². The smallest absolute Gasteiger partial charge is 0.221 e. The van der Waals surface area contributed by atoms with E-state index in [0.717, 1.165) is 11.0 Å². The van der Waals surface area contributed by atoms with E-state index in [9.17, 15) is 4.79 Å². The summed E-state index contributed by atoms with van der Waals surface area (Å²) in [6.07, 6.45) is 0.333. The number of aryl methyl sites for hydroxylation is 1. The highest BCUT2D eigenvalue weighted by Crippen LogP contribution is 2.19. The minimum atomic E-state index is -0.0126. The first kappa shape index (κ1) is 14.9. The average molecular weight is 285 g/mol. The molecule has 2 rings (SSSR count). The van der Waals surface area contributed by atoms with Crippen molar-refractivity contribution in [2.45, 2.75) is 26.8 Å². The zero-order valence-electron chi connectivity index (χ0n) is 12.3. The molecule has 1 amide bonds. The molecule has 1 aromatic heterocycles. The average Bonchev–Trinajstić information content (AvgIpc) is 2.77. The highest BCUT2D eigenvalue weighted by atomic mass is 16.1. The number of nitrogens with zero attached hydrogens (tertiary/aromatic N) is 3. The highest BCUT2D eigenvalue weighted by molar-refractivity contribution is 5.80. The summed E-state index contributed by atoms with van der Waals surface area (Å²) in [5, 5.41) is 11.8. The van der Waals surface area contributed by atoms with Crippen molar-refractivity contribution in [3.63, 3.8) is 0 Å². The van der Waals surface area contributed by atoms with Gasteiger partial charge in [0.15, 0.2) is 0 Å². The van der Waals surface area contributed by atoms with Crippen LogP contribution in [-0.4, -0.2) is 22.0 Å². The van der Waals surface area contributed by atoms with E-state index in [1.54, 1.807) is 22.8 Å². The van der Waals surface area contributed by atoms with Crippen molar-refractivity contribution in [3.8, 4) is 6.07 Å². The summed E-state index contributed by atoms with van der Waals surface area (Å²) in [7, 11) is 0. The van der Waals surface area contributed by atoms with Crippen molar-refractivity contribution in [1.82, 2.24) is 14.9 Å². The fraction of sp³-hybridized carbons (Fsp3) is 0.400. The fourth-order valence-corrected chi connectivity index (χ4v) is 2.07. The highest BCUT2D eigenvalue weighted by Gasteiger charge is 2.10. The van der Waals surface area contributed by atoms with Crippen LogP contribution in [0.1, 0.15) is 25.8 Å². The first-order chi connectivity index (χ1) is 10.0. The Morgan fingerprint density at radius 3 is 2.95 bits per heavy atom. The van der Waals surface area contributed by atoms with E-state index in [0.29, 0.717) is 36.9 Å². The predicted molar refractivity (Wildman–Crippen MR) is 81.3 cm³/mol. The van der Waals surface area contributed by atoms with Gasteiger partial charge in [-0.3, -0.25) is 4.79 Å². The standard InChI is InChI=1S/C15H19N5O/c1-10(2)9-18-14(21)5-6-20-13-7-11(8-16)3-4-12(13)19-15(20)17/h3-4,7,10H,5-6,9H2,1-2H3,(H2,17,19)(H,18,21). The lowest BCUT2D eigenvalue weighted by molar-refractivity contribution is -0.121. The molecular weight excluding hydrogens is 266 g/mol. The zero-order valence-corrected chi connectivity index (χ0v) is 12.3. The number of aromatic nitrogens is 2. The molecule has 0 radical (unpaired) electrons. The first-order valence-electron chi connectivity index (χ1n) is 6.94. The zero-order chi connectivity index (χ0) is 15.4. The third-order valence-electron chi connectivity index (χ3n) is 3.18. The molecule has 3 N–H and O–H groups in total. The number of carbonyl (C=O) groups excluding carboxylic acids is 1. The Hall–Kier alpha value is -2.55. The number of carbonyl (C=O) groups is 1. The molecule has 1 heterocycles. The third-order valence-corrected chi connectivity index (χ3v) is 3.18. The van der Waals surface area contributed by atoms with Gasteiger partial charge in [-0.05, 0) is 24.1 Å². The van der Waals surface area contributed by atoms with Gasteiger partial charge in [0.1, 0.15) is 0 Å². The molecule has 2 aromatic rings. The molecule has 21 heavy (non-hydrogen) atoms. The summed E-state index contributed by atoms with van der Waals surface area (Å²) < 4.78 is 1.77. The number of benzene rings is 1. The minimum absolute atomic E-state index is 0.0126. The SMILES string of the molecule is CC(C)CNC(=O)CCn1c(N)nc2ccc(C#N)cc21. The maximum Gasteiger partial charge on any atom is 0.221 e. The number of amides is 1. The van der Waals surface area contributed by atoms with Crippen molar-refractivity contribution in [2.24, 2.45) is 5.92 Å². The molecule has 0 aliphatic heterocycles. The van der Waals surface area contributed by atoms with Crippen LogP contribution in [0.5, 0.6) is 0 Å². The van der Waals surface area contributed by atoms with Crippen molar-refractivity contribution in [1.29, 1.82) is 5.26 Å². The van der Waals surface area contributed by atoms with Gasteiger partial charge in [-0.15, -0.1) is 0 Å². The number of hydrogen-bond donors (Lipinski definition) is 2. The van der Waals surface area contributed by atoms with E-state index >= 15 is 0 Å². The van der Waals surface area contributed by atoms with Crippen LogP contribution in [-0.2, 0) is 11.3 Å². The second kappa shape index (κ2) is 6.27. The maximum atomic E-state index is 11.8. The molecule has 0 unspecified atom stereocenters. The summed E-state index contributed by atoms with van der Waals surface area (Å²) in [6, 6.07) is 7.30. The number of imidazole rings is 1. The molecule has 6 heteroatoms. The summed E-state index contributed by atoms with van der Waals surface area (Å²) >= 11 is 0. The van der Waals surface area contributed by atoms with Crippen molar-refractivity contribution >= 4 is 22.9 Å². The summed E-state index contributed by atoms with van der Waals surface area (Å²) in [6.45, 7) is 5.20. The number of anilines is 1. The summed E-state index contributed by atoms with van der Waals surface area (Å²) in [5.41, 5.74) is 7.95. The van der Waals surface area contributed by atoms with E-state index in [4.69, 9.17) is 11.0 Å². The number of nitrogens with two attached hydrogens (primary N) is 1. The Labute approximate surface area is 123 Å². The van der Waals surface area contributed by atoms with Crippen LogP contribution in [0, 0.1) is 17.2 Å². The van der Waals surface area contributed by atoms with Crippen LogP contribution in [0.25, 0.3) is 11.0 Å². The summed E-state index contributed by atoms with van der Waals surface area (Å²) in [5.74, 6) is 0.768. The van der Waals surface area contributed by atoms with Crippen molar-refractivity contribution in [3.05, 3.63) is 23.8 Å². The molecule has 0 saturated carbocycles. The number of rotatable bonds is 5. The van der Waals surface area contributed by atoms with Gasteiger partial charge < -0.3 is 15.6 Å². The molecule has 0 aliphatic rings. The van der Waals surface area contributed by atoms with Crippen LogP contribution in [0.4, 0.5) is 5.95 Å². The van der Waals surface area contributed by atoms with Crippen LogP contribution < -0.4 is 11.1 Å². The van der Waals surface area contributed by atoms with Gasteiger partial charge in [0.05, 0.1) is 22.7 Å².